The fraction of sp³-hybridized carbons (Fsp3) is 0.400. The van der Waals surface area contributed by atoms with Crippen LogP contribution in [0.4, 0.5) is 22.0 Å². The van der Waals surface area contributed by atoms with Crippen LogP contribution < -0.4 is 5.73 Å². The van der Waals surface area contributed by atoms with Gasteiger partial charge in [-0.05, 0) is 24.1 Å². The van der Waals surface area contributed by atoms with Gasteiger partial charge < -0.3 is 5.73 Å². The number of hydrogen-bond acceptors (Lipinski definition) is 1. The molecule has 0 saturated carbocycles. The Labute approximate surface area is 89.1 Å². The highest BCUT2D eigenvalue weighted by molar-refractivity contribution is 5.18. The summed E-state index contributed by atoms with van der Waals surface area (Å²) < 4.78 is 62.3. The van der Waals surface area contributed by atoms with E-state index in [1.165, 1.54) is 0 Å². The van der Waals surface area contributed by atoms with Gasteiger partial charge in [-0.1, -0.05) is 6.07 Å². The molecule has 0 radical (unpaired) electrons. The van der Waals surface area contributed by atoms with Gasteiger partial charge in [-0.3, -0.25) is 0 Å². The van der Waals surface area contributed by atoms with Crippen LogP contribution in [0, 0.1) is 17.6 Å². The third-order valence-corrected chi connectivity index (χ3v) is 2.21. The van der Waals surface area contributed by atoms with Crippen molar-refractivity contribution in [1.29, 1.82) is 0 Å². The Kier molecular flexibility index (Phi) is 3.85. The lowest BCUT2D eigenvalue weighted by Crippen LogP contribution is -2.31. The van der Waals surface area contributed by atoms with Crippen molar-refractivity contribution >= 4 is 0 Å². The predicted molar refractivity (Wildman–Crippen MR) is 48.7 cm³/mol. The van der Waals surface area contributed by atoms with Crippen molar-refractivity contribution in [2.24, 2.45) is 11.7 Å². The number of rotatable bonds is 3. The zero-order valence-electron chi connectivity index (χ0n) is 8.19. The normalized spacial score (nSPS) is 13.9. The molecule has 0 saturated heterocycles. The average Bonchev–Trinajstić information content (AvgIpc) is 2.18. The molecule has 1 aromatic carbocycles. The van der Waals surface area contributed by atoms with Gasteiger partial charge in [0.25, 0.3) is 0 Å². The Morgan fingerprint density at radius 3 is 2.19 bits per heavy atom. The second-order valence-electron chi connectivity index (χ2n) is 3.43. The molecule has 0 aliphatic carbocycles. The lowest BCUT2D eigenvalue weighted by molar-refractivity contribution is -0.171. The summed E-state index contributed by atoms with van der Waals surface area (Å²) in [5.74, 6) is -3.98. The molecule has 1 rings (SSSR count). The maximum Gasteiger partial charge on any atom is 0.393 e. The number of hydrogen-bond donors (Lipinski definition) is 1. The SMILES string of the molecule is NCC(Cc1ccc(F)c(F)c1)C(F)(F)F. The summed E-state index contributed by atoms with van der Waals surface area (Å²) in [6, 6.07) is 2.67. The summed E-state index contributed by atoms with van der Waals surface area (Å²) in [7, 11) is 0. The van der Waals surface area contributed by atoms with Crippen molar-refractivity contribution in [2.75, 3.05) is 6.54 Å². The lowest BCUT2D eigenvalue weighted by Gasteiger charge is -2.18. The van der Waals surface area contributed by atoms with Crippen LogP contribution >= 0.6 is 0 Å². The molecule has 0 amide bonds. The zero-order chi connectivity index (χ0) is 12.3. The first-order chi connectivity index (χ1) is 7.34. The van der Waals surface area contributed by atoms with Crippen molar-refractivity contribution in [3.63, 3.8) is 0 Å². The van der Waals surface area contributed by atoms with E-state index in [0.717, 1.165) is 18.2 Å². The van der Waals surface area contributed by atoms with Gasteiger partial charge in [0.2, 0.25) is 0 Å². The minimum atomic E-state index is -4.43. The predicted octanol–water partition coefficient (Wildman–Crippen LogP) is 2.64. The molecular weight excluding hydrogens is 229 g/mol. The van der Waals surface area contributed by atoms with E-state index in [-0.39, 0.29) is 5.56 Å². The molecule has 0 fully saturated rings. The molecular formula is C10H10F5N. The highest BCUT2D eigenvalue weighted by Crippen LogP contribution is 2.28. The molecule has 90 valence electrons. The summed E-state index contributed by atoms with van der Waals surface area (Å²) in [6.45, 7) is -0.581. The summed E-state index contributed by atoms with van der Waals surface area (Å²) in [5, 5.41) is 0. The molecule has 1 atom stereocenters. The molecule has 0 aromatic heterocycles. The molecule has 0 heterocycles. The molecule has 1 unspecified atom stereocenters. The highest BCUT2D eigenvalue weighted by Gasteiger charge is 2.38. The second-order valence-corrected chi connectivity index (χ2v) is 3.43. The molecule has 1 nitrogen and oxygen atoms in total. The summed E-state index contributed by atoms with van der Waals surface area (Å²) >= 11 is 0. The van der Waals surface area contributed by atoms with Crippen molar-refractivity contribution < 1.29 is 22.0 Å². The number of halogens is 5. The average molecular weight is 239 g/mol. The minimum absolute atomic E-state index is 0.0756. The van der Waals surface area contributed by atoms with Crippen molar-refractivity contribution in [1.82, 2.24) is 0 Å². The van der Waals surface area contributed by atoms with Crippen molar-refractivity contribution in [2.45, 2.75) is 12.6 Å². The molecule has 0 aliphatic rings. The van der Waals surface area contributed by atoms with Crippen LogP contribution in [0.1, 0.15) is 5.56 Å². The highest BCUT2D eigenvalue weighted by atomic mass is 19.4. The van der Waals surface area contributed by atoms with Crippen LogP contribution in [0.15, 0.2) is 18.2 Å². The van der Waals surface area contributed by atoms with E-state index in [4.69, 9.17) is 5.73 Å². The van der Waals surface area contributed by atoms with Crippen LogP contribution in [0.3, 0.4) is 0 Å². The first-order valence-electron chi connectivity index (χ1n) is 4.55. The third-order valence-electron chi connectivity index (χ3n) is 2.21. The second kappa shape index (κ2) is 4.78. The molecule has 6 heteroatoms. The Balaban J connectivity index is 2.83. The van der Waals surface area contributed by atoms with Gasteiger partial charge in [0.15, 0.2) is 11.6 Å². The first-order valence-corrected chi connectivity index (χ1v) is 4.55. The maximum atomic E-state index is 12.7. The Morgan fingerprint density at radius 1 is 1.12 bits per heavy atom. The topological polar surface area (TPSA) is 26.0 Å². The summed E-state index contributed by atoms with van der Waals surface area (Å²) in [6.07, 6.45) is -4.88. The van der Waals surface area contributed by atoms with E-state index in [0.29, 0.717) is 0 Å². The quantitative estimate of drug-likeness (QED) is 0.806. The number of nitrogens with two attached hydrogens (primary N) is 1. The van der Waals surface area contributed by atoms with E-state index < -0.39 is 36.7 Å². The van der Waals surface area contributed by atoms with E-state index in [1.807, 2.05) is 0 Å². The lowest BCUT2D eigenvalue weighted by atomic mass is 9.99. The Bertz CT molecular complexity index is 361. The van der Waals surface area contributed by atoms with Gasteiger partial charge >= 0.3 is 6.18 Å². The van der Waals surface area contributed by atoms with Gasteiger partial charge in [-0.15, -0.1) is 0 Å². The first kappa shape index (κ1) is 12.9. The van der Waals surface area contributed by atoms with Gasteiger partial charge in [-0.25, -0.2) is 8.78 Å². The van der Waals surface area contributed by atoms with Gasteiger partial charge in [0.1, 0.15) is 0 Å². The Hall–Kier alpha value is -1.17. The van der Waals surface area contributed by atoms with Crippen LogP contribution in [-0.4, -0.2) is 12.7 Å². The third kappa shape index (κ3) is 3.16. The maximum absolute atomic E-state index is 12.7. The van der Waals surface area contributed by atoms with Crippen molar-refractivity contribution in [3.05, 3.63) is 35.4 Å². The fourth-order valence-corrected chi connectivity index (χ4v) is 1.28. The van der Waals surface area contributed by atoms with Gasteiger partial charge in [0.05, 0.1) is 5.92 Å². The van der Waals surface area contributed by atoms with Crippen LogP contribution in [0.5, 0.6) is 0 Å². The molecule has 0 bridgehead atoms. The summed E-state index contributed by atoms with van der Waals surface area (Å²) in [5.41, 5.74) is 5.06. The van der Waals surface area contributed by atoms with Crippen LogP contribution in [0.2, 0.25) is 0 Å². The van der Waals surface area contributed by atoms with Gasteiger partial charge in [0, 0.05) is 6.54 Å². The smallest absolute Gasteiger partial charge is 0.330 e. The number of benzene rings is 1. The van der Waals surface area contributed by atoms with Crippen molar-refractivity contribution in [3.8, 4) is 0 Å². The molecule has 1 aromatic rings. The number of alkyl halides is 3. The minimum Gasteiger partial charge on any atom is -0.330 e. The largest absolute Gasteiger partial charge is 0.393 e. The van der Waals surface area contributed by atoms with E-state index in [1.54, 1.807) is 0 Å². The van der Waals surface area contributed by atoms with E-state index in [2.05, 4.69) is 0 Å². The zero-order valence-corrected chi connectivity index (χ0v) is 8.19. The van der Waals surface area contributed by atoms with E-state index >= 15 is 0 Å². The molecule has 16 heavy (non-hydrogen) atoms. The summed E-state index contributed by atoms with van der Waals surface area (Å²) in [4.78, 5) is 0. The van der Waals surface area contributed by atoms with Gasteiger partial charge in [-0.2, -0.15) is 13.2 Å². The standard InChI is InChI=1S/C10H10F5N/c11-8-2-1-6(4-9(8)12)3-7(5-16)10(13,14)15/h1-2,4,7H,3,5,16H2. The monoisotopic (exact) mass is 239 g/mol. The molecule has 2 N–H and O–H groups in total. The fourth-order valence-electron chi connectivity index (χ4n) is 1.28. The van der Waals surface area contributed by atoms with Crippen LogP contribution in [-0.2, 0) is 6.42 Å². The molecule has 0 aliphatic heterocycles. The Morgan fingerprint density at radius 2 is 1.75 bits per heavy atom. The molecule has 0 spiro atoms. The van der Waals surface area contributed by atoms with Crippen LogP contribution in [0.25, 0.3) is 0 Å². The van der Waals surface area contributed by atoms with E-state index in [9.17, 15) is 22.0 Å².